The molecule has 0 aliphatic heterocycles. The van der Waals surface area contributed by atoms with Crippen LogP contribution < -0.4 is 5.32 Å². The van der Waals surface area contributed by atoms with Gasteiger partial charge in [0.1, 0.15) is 0 Å². The van der Waals surface area contributed by atoms with Crippen molar-refractivity contribution >= 4 is 18.4 Å². The van der Waals surface area contributed by atoms with Crippen LogP contribution in [0.5, 0.6) is 0 Å². The average Bonchev–Trinajstić information content (AvgIpc) is 2.73. The van der Waals surface area contributed by atoms with Gasteiger partial charge in [0, 0.05) is 13.1 Å². The molecule has 32 heavy (non-hydrogen) atoms. The maximum absolute atomic E-state index is 11.5. The topological polar surface area (TPSA) is 49.3 Å². The molecule has 4 rings (SSSR count). The van der Waals surface area contributed by atoms with Gasteiger partial charge in [-0.2, -0.15) is 0 Å². The number of benzene rings is 2. The Hall–Kier alpha value is -1.84. The number of aryl methyl sites for hydroxylation is 1. The highest BCUT2D eigenvalue weighted by molar-refractivity contribution is 5.89. The number of aromatic carboxylic acids is 1. The molecule has 1 unspecified atom stereocenters. The van der Waals surface area contributed by atoms with E-state index >= 15 is 0 Å². The van der Waals surface area contributed by atoms with Gasteiger partial charge in [0.05, 0.1) is 5.56 Å². The zero-order valence-electron chi connectivity index (χ0n) is 19.9. The van der Waals surface area contributed by atoms with Crippen molar-refractivity contribution < 1.29 is 9.90 Å². The first kappa shape index (κ1) is 24.8. The molecule has 174 valence electrons. The summed E-state index contributed by atoms with van der Waals surface area (Å²) < 4.78 is 0. The molecule has 1 saturated carbocycles. The molecule has 3 nitrogen and oxygen atoms in total. The highest BCUT2D eigenvalue weighted by Crippen LogP contribution is 2.57. The molecule has 2 aromatic rings. The van der Waals surface area contributed by atoms with Crippen molar-refractivity contribution in [2.75, 3.05) is 6.54 Å². The van der Waals surface area contributed by atoms with Crippen molar-refractivity contribution in [3.05, 3.63) is 70.3 Å². The minimum Gasteiger partial charge on any atom is -0.478 e. The van der Waals surface area contributed by atoms with Crippen LogP contribution in [0.2, 0.25) is 0 Å². The van der Waals surface area contributed by atoms with E-state index in [0.29, 0.717) is 23.9 Å². The number of nitrogens with one attached hydrogen (secondary N) is 1. The van der Waals surface area contributed by atoms with E-state index in [0.717, 1.165) is 12.1 Å². The predicted octanol–water partition coefficient (Wildman–Crippen LogP) is 6.73. The van der Waals surface area contributed by atoms with Crippen LogP contribution in [0.4, 0.5) is 0 Å². The third-order valence-corrected chi connectivity index (χ3v) is 8.26. The zero-order valence-corrected chi connectivity index (χ0v) is 20.7. The smallest absolute Gasteiger partial charge is 0.336 e. The fourth-order valence-electron chi connectivity index (χ4n) is 6.58. The van der Waals surface area contributed by atoms with Crippen molar-refractivity contribution in [1.82, 2.24) is 5.32 Å². The third kappa shape index (κ3) is 4.47. The second-order valence-electron chi connectivity index (χ2n) is 10.7. The molecular formula is C28H38ClNO2. The van der Waals surface area contributed by atoms with E-state index in [1.165, 1.54) is 37.7 Å². The summed E-state index contributed by atoms with van der Waals surface area (Å²) in [6, 6.07) is 14.6. The molecule has 0 amide bonds. The summed E-state index contributed by atoms with van der Waals surface area (Å²) in [4.78, 5) is 11.5. The Morgan fingerprint density at radius 1 is 1.16 bits per heavy atom. The van der Waals surface area contributed by atoms with E-state index in [4.69, 9.17) is 0 Å². The monoisotopic (exact) mass is 455 g/mol. The Morgan fingerprint density at radius 2 is 1.91 bits per heavy atom. The quantitative estimate of drug-likeness (QED) is 0.507. The number of carbonyl (C=O) groups is 1. The van der Waals surface area contributed by atoms with Crippen LogP contribution in [0.1, 0.15) is 91.9 Å². The molecule has 2 N–H and O–H groups in total. The van der Waals surface area contributed by atoms with Gasteiger partial charge in [0.15, 0.2) is 0 Å². The second-order valence-corrected chi connectivity index (χ2v) is 10.7. The maximum atomic E-state index is 11.5. The van der Waals surface area contributed by atoms with Gasteiger partial charge in [0.2, 0.25) is 0 Å². The van der Waals surface area contributed by atoms with E-state index in [9.17, 15) is 9.90 Å². The van der Waals surface area contributed by atoms with Crippen LogP contribution in [0, 0.1) is 11.3 Å². The molecule has 0 bridgehead atoms. The fourth-order valence-corrected chi connectivity index (χ4v) is 6.58. The van der Waals surface area contributed by atoms with Crippen molar-refractivity contribution in [3.8, 4) is 0 Å². The third-order valence-electron chi connectivity index (χ3n) is 8.26. The van der Waals surface area contributed by atoms with Gasteiger partial charge in [-0.05, 0) is 76.7 Å². The van der Waals surface area contributed by atoms with Crippen molar-refractivity contribution in [3.63, 3.8) is 0 Å². The fraction of sp³-hybridized carbons (Fsp3) is 0.536. The minimum absolute atomic E-state index is 0. The molecule has 1 fully saturated rings. The Kier molecular flexibility index (Phi) is 7.41. The average molecular weight is 456 g/mol. The Bertz CT molecular complexity index is 972. The summed E-state index contributed by atoms with van der Waals surface area (Å²) in [5, 5.41) is 13.1. The summed E-state index contributed by atoms with van der Waals surface area (Å²) in [5.74, 6) is 0.372. The predicted molar refractivity (Wildman–Crippen MR) is 134 cm³/mol. The summed E-state index contributed by atoms with van der Waals surface area (Å²) in [5.41, 5.74) is 6.33. The standard InChI is InChI=1S/C28H37NO2.ClH/c1-19(2)20-10-12-24-21(16-20)11-13-25-27(3,14-7-15-28(24,25)4)18-29-17-22-8-5-6-9-23(22)26(30)31;/h5-6,8-10,12,16,19,25,29H,7,11,13-15,17-18H2,1-4H3,(H,30,31);1H/t25?,27-,28+;/m0./s1. The molecule has 0 aromatic heterocycles. The second kappa shape index (κ2) is 9.57. The Labute approximate surface area is 199 Å². The normalized spacial score (nSPS) is 26.7. The first-order valence-corrected chi connectivity index (χ1v) is 11.9. The number of halogens is 1. The first-order valence-electron chi connectivity index (χ1n) is 11.9. The summed E-state index contributed by atoms with van der Waals surface area (Å²) in [6.07, 6.45) is 6.17. The van der Waals surface area contributed by atoms with E-state index in [-0.39, 0.29) is 23.2 Å². The maximum Gasteiger partial charge on any atom is 0.336 e. The lowest BCUT2D eigenvalue weighted by atomic mass is 9.49. The van der Waals surface area contributed by atoms with E-state index in [1.54, 1.807) is 23.3 Å². The number of rotatable bonds is 6. The molecule has 2 aliphatic rings. The Morgan fingerprint density at radius 3 is 2.62 bits per heavy atom. The molecule has 3 atom stereocenters. The number of fused-ring (bicyclic) bond motifs is 3. The molecule has 4 heteroatoms. The van der Waals surface area contributed by atoms with Crippen LogP contribution >= 0.6 is 12.4 Å². The van der Waals surface area contributed by atoms with Crippen LogP contribution in [0.3, 0.4) is 0 Å². The van der Waals surface area contributed by atoms with Gasteiger partial charge in [-0.3, -0.25) is 0 Å². The zero-order chi connectivity index (χ0) is 22.2. The van der Waals surface area contributed by atoms with E-state index in [1.807, 2.05) is 12.1 Å². The minimum atomic E-state index is -0.849. The molecule has 0 radical (unpaired) electrons. The first-order chi connectivity index (χ1) is 14.7. The van der Waals surface area contributed by atoms with Gasteiger partial charge in [0.25, 0.3) is 0 Å². The van der Waals surface area contributed by atoms with Gasteiger partial charge in [-0.25, -0.2) is 4.79 Å². The highest BCUT2D eigenvalue weighted by atomic mass is 35.5. The Balaban J connectivity index is 0.00000289. The molecule has 2 aromatic carbocycles. The van der Waals surface area contributed by atoms with Crippen LogP contribution in [0.25, 0.3) is 0 Å². The number of carboxylic acids is 1. The lowest BCUT2D eigenvalue weighted by Crippen LogP contribution is -2.52. The van der Waals surface area contributed by atoms with Crippen molar-refractivity contribution in [1.29, 1.82) is 0 Å². The summed E-state index contributed by atoms with van der Waals surface area (Å²) in [7, 11) is 0. The highest BCUT2D eigenvalue weighted by Gasteiger charge is 2.51. The lowest BCUT2D eigenvalue weighted by Gasteiger charge is -2.55. The van der Waals surface area contributed by atoms with Crippen LogP contribution in [-0.4, -0.2) is 17.6 Å². The molecule has 2 aliphatic carbocycles. The molecular weight excluding hydrogens is 418 g/mol. The van der Waals surface area contributed by atoms with Crippen LogP contribution in [0.15, 0.2) is 42.5 Å². The van der Waals surface area contributed by atoms with Gasteiger partial charge in [-0.1, -0.05) is 70.5 Å². The van der Waals surface area contributed by atoms with Gasteiger partial charge in [-0.15, -0.1) is 12.4 Å². The van der Waals surface area contributed by atoms with Crippen molar-refractivity contribution in [2.24, 2.45) is 11.3 Å². The lowest BCUT2D eigenvalue weighted by molar-refractivity contribution is 0.0257. The van der Waals surface area contributed by atoms with Gasteiger partial charge >= 0.3 is 5.97 Å². The van der Waals surface area contributed by atoms with Gasteiger partial charge < -0.3 is 10.4 Å². The van der Waals surface area contributed by atoms with E-state index in [2.05, 4.69) is 51.2 Å². The number of hydrogen-bond donors (Lipinski definition) is 2. The van der Waals surface area contributed by atoms with Crippen LogP contribution in [-0.2, 0) is 18.4 Å². The SMILES string of the molecule is CC(C)c1ccc2c(c1)CCC1[C@](C)(CNCc3ccccc3C(=O)O)CCC[C@]21C.Cl. The van der Waals surface area contributed by atoms with Crippen molar-refractivity contribution in [2.45, 2.75) is 77.7 Å². The molecule has 0 saturated heterocycles. The summed E-state index contributed by atoms with van der Waals surface area (Å²) >= 11 is 0. The largest absolute Gasteiger partial charge is 0.478 e. The molecule has 0 spiro atoms. The molecule has 0 heterocycles. The number of carboxylic acid groups (broad SMARTS) is 1. The number of hydrogen-bond acceptors (Lipinski definition) is 2. The van der Waals surface area contributed by atoms with E-state index < -0.39 is 5.97 Å². The summed E-state index contributed by atoms with van der Waals surface area (Å²) in [6.45, 7) is 11.1.